The summed E-state index contributed by atoms with van der Waals surface area (Å²) in [7, 11) is 2.21. The van der Waals surface area contributed by atoms with Crippen LogP contribution in [-0.2, 0) is 6.42 Å². The first kappa shape index (κ1) is 16.0. The Kier molecular flexibility index (Phi) is 5.39. The van der Waals surface area contributed by atoms with Gasteiger partial charge in [-0.25, -0.2) is 9.97 Å². The van der Waals surface area contributed by atoms with Gasteiger partial charge in [-0.05, 0) is 27.3 Å². The Bertz CT molecular complexity index is 450. The second-order valence-corrected chi connectivity index (χ2v) is 6.08. The minimum Gasteiger partial charge on any atom is -0.370 e. The van der Waals surface area contributed by atoms with Gasteiger partial charge >= 0.3 is 0 Å². The van der Waals surface area contributed by atoms with E-state index < -0.39 is 0 Å². The first-order valence-electron chi connectivity index (χ1n) is 8.13. The molecule has 0 saturated carbocycles. The van der Waals surface area contributed by atoms with Crippen molar-refractivity contribution in [2.45, 2.75) is 52.6 Å². The third kappa shape index (κ3) is 3.84. The molecule has 0 bridgehead atoms. The number of aromatic nitrogens is 2. The van der Waals surface area contributed by atoms with Crippen LogP contribution in [0.5, 0.6) is 0 Å². The van der Waals surface area contributed by atoms with Crippen molar-refractivity contribution < 1.29 is 0 Å². The van der Waals surface area contributed by atoms with E-state index in [1.807, 2.05) is 0 Å². The van der Waals surface area contributed by atoms with E-state index >= 15 is 0 Å². The Hall–Kier alpha value is -1.36. The summed E-state index contributed by atoms with van der Waals surface area (Å²) in [5.74, 6) is 2.94. The molecule has 0 spiro atoms. The van der Waals surface area contributed by atoms with E-state index in [-0.39, 0.29) is 0 Å². The molecule has 21 heavy (non-hydrogen) atoms. The molecule has 1 N–H and O–H groups in total. The highest BCUT2D eigenvalue weighted by Crippen LogP contribution is 2.22. The van der Waals surface area contributed by atoms with Crippen LogP contribution in [0.2, 0.25) is 0 Å². The molecule has 1 aliphatic rings. The molecule has 2 heterocycles. The summed E-state index contributed by atoms with van der Waals surface area (Å²) in [5.41, 5.74) is 0. The van der Waals surface area contributed by atoms with Crippen LogP contribution >= 0.6 is 0 Å². The minimum atomic E-state index is 0.542. The predicted octanol–water partition coefficient (Wildman–Crippen LogP) is 2.39. The third-order valence-corrected chi connectivity index (χ3v) is 4.32. The number of anilines is 2. The van der Waals surface area contributed by atoms with Gasteiger partial charge < -0.3 is 10.2 Å². The van der Waals surface area contributed by atoms with Gasteiger partial charge in [0, 0.05) is 44.2 Å². The zero-order chi connectivity index (χ0) is 15.4. The van der Waals surface area contributed by atoms with Crippen LogP contribution in [0.3, 0.4) is 0 Å². The molecule has 2 atom stereocenters. The van der Waals surface area contributed by atoms with Gasteiger partial charge in [0.25, 0.3) is 0 Å². The number of aryl methyl sites for hydroxylation is 1. The average Bonchev–Trinajstić information content (AvgIpc) is 2.49. The number of rotatable bonds is 5. The van der Waals surface area contributed by atoms with Crippen LogP contribution < -0.4 is 10.2 Å². The second kappa shape index (κ2) is 7.07. The van der Waals surface area contributed by atoms with Crippen LogP contribution in [0.15, 0.2) is 6.07 Å². The van der Waals surface area contributed by atoms with Gasteiger partial charge in [-0.1, -0.05) is 13.8 Å². The van der Waals surface area contributed by atoms with E-state index in [1.165, 1.54) is 0 Å². The van der Waals surface area contributed by atoms with Crippen LogP contribution in [0.25, 0.3) is 0 Å². The lowest BCUT2D eigenvalue weighted by Gasteiger charge is -2.43. The number of hydrogen-bond acceptors (Lipinski definition) is 5. The monoisotopic (exact) mass is 291 g/mol. The molecule has 1 aromatic heterocycles. The van der Waals surface area contributed by atoms with Crippen LogP contribution in [0.4, 0.5) is 11.6 Å². The Balaban J connectivity index is 2.21. The number of nitrogens with one attached hydrogen (secondary N) is 1. The van der Waals surface area contributed by atoms with Gasteiger partial charge in [0.05, 0.1) is 0 Å². The fourth-order valence-electron chi connectivity index (χ4n) is 2.74. The van der Waals surface area contributed by atoms with Gasteiger partial charge in [-0.15, -0.1) is 0 Å². The first-order chi connectivity index (χ1) is 10.0. The van der Waals surface area contributed by atoms with Crippen molar-refractivity contribution in [2.75, 3.05) is 36.9 Å². The maximum Gasteiger partial charge on any atom is 0.134 e. The zero-order valence-electron chi connectivity index (χ0n) is 14.1. The molecule has 1 aliphatic heterocycles. The molecule has 2 unspecified atom stereocenters. The molecule has 5 heteroatoms. The first-order valence-corrected chi connectivity index (χ1v) is 8.13. The van der Waals surface area contributed by atoms with E-state index in [1.54, 1.807) is 0 Å². The maximum absolute atomic E-state index is 4.73. The van der Waals surface area contributed by atoms with Crippen molar-refractivity contribution in [1.82, 2.24) is 14.9 Å². The Morgan fingerprint density at radius 1 is 1.19 bits per heavy atom. The summed E-state index contributed by atoms with van der Waals surface area (Å²) in [5, 5.41) is 3.39. The van der Waals surface area contributed by atoms with Crippen LogP contribution in [0, 0.1) is 0 Å². The molecule has 0 aliphatic carbocycles. The zero-order valence-corrected chi connectivity index (χ0v) is 14.1. The van der Waals surface area contributed by atoms with Crippen molar-refractivity contribution >= 4 is 11.6 Å². The molecule has 0 radical (unpaired) electrons. The van der Waals surface area contributed by atoms with E-state index in [0.717, 1.165) is 49.9 Å². The van der Waals surface area contributed by atoms with Crippen molar-refractivity contribution in [3.63, 3.8) is 0 Å². The van der Waals surface area contributed by atoms with Gasteiger partial charge in [0.15, 0.2) is 0 Å². The number of piperazine rings is 1. The molecule has 5 nitrogen and oxygen atoms in total. The largest absolute Gasteiger partial charge is 0.370 e. The SMILES string of the molecule is CCCNc1cc(N2CC(C)N(C)C(C)C2)nc(CC)n1. The van der Waals surface area contributed by atoms with Crippen molar-refractivity contribution in [3.05, 3.63) is 11.9 Å². The fraction of sp³-hybridized carbons (Fsp3) is 0.750. The Labute approximate surface area is 128 Å². The summed E-state index contributed by atoms with van der Waals surface area (Å²) < 4.78 is 0. The van der Waals surface area contributed by atoms with Crippen LogP contribution in [-0.4, -0.2) is 53.6 Å². The topological polar surface area (TPSA) is 44.3 Å². The van der Waals surface area contributed by atoms with Gasteiger partial charge in [-0.2, -0.15) is 0 Å². The smallest absolute Gasteiger partial charge is 0.134 e. The summed E-state index contributed by atoms with van der Waals surface area (Å²) in [4.78, 5) is 14.1. The average molecular weight is 291 g/mol. The second-order valence-electron chi connectivity index (χ2n) is 6.08. The number of nitrogens with zero attached hydrogens (tertiary/aromatic N) is 4. The molecule has 0 amide bonds. The van der Waals surface area contributed by atoms with Gasteiger partial charge in [0.2, 0.25) is 0 Å². The summed E-state index contributed by atoms with van der Waals surface area (Å²) >= 11 is 0. The van der Waals surface area contributed by atoms with E-state index in [0.29, 0.717) is 12.1 Å². The molecular formula is C16H29N5. The molecule has 118 valence electrons. The third-order valence-electron chi connectivity index (χ3n) is 4.32. The standard InChI is InChI=1S/C16H29N5/c1-6-8-17-15-9-16(19-14(7-2)18-15)21-10-12(3)20(5)13(4)11-21/h9,12-13H,6-8,10-11H2,1-5H3,(H,17,18,19). The highest BCUT2D eigenvalue weighted by atomic mass is 15.3. The molecular weight excluding hydrogens is 262 g/mol. The quantitative estimate of drug-likeness (QED) is 0.902. The lowest BCUT2D eigenvalue weighted by molar-refractivity contribution is 0.169. The van der Waals surface area contributed by atoms with Gasteiger partial charge in [-0.3, -0.25) is 4.90 Å². The van der Waals surface area contributed by atoms with Crippen molar-refractivity contribution in [1.29, 1.82) is 0 Å². The molecule has 1 aromatic rings. The lowest BCUT2D eigenvalue weighted by Crippen LogP contribution is -2.55. The maximum atomic E-state index is 4.73. The van der Waals surface area contributed by atoms with Gasteiger partial charge in [0.1, 0.15) is 17.5 Å². The Morgan fingerprint density at radius 3 is 2.43 bits per heavy atom. The molecule has 0 aromatic carbocycles. The van der Waals surface area contributed by atoms with E-state index in [4.69, 9.17) is 4.98 Å². The molecule has 1 fully saturated rings. The van der Waals surface area contributed by atoms with Crippen molar-refractivity contribution in [2.24, 2.45) is 0 Å². The summed E-state index contributed by atoms with van der Waals surface area (Å²) in [6.45, 7) is 11.8. The number of hydrogen-bond donors (Lipinski definition) is 1. The normalized spacial score (nSPS) is 23.4. The van der Waals surface area contributed by atoms with E-state index in [2.05, 4.69) is 60.9 Å². The number of likely N-dealkylation sites (N-methyl/N-ethyl adjacent to an activating group) is 1. The van der Waals surface area contributed by atoms with Crippen molar-refractivity contribution in [3.8, 4) is 0 Å². The highest BCUT2D eigenvalue weighted by molar-refractivity contribution is 5.50. The highest BCUT2D eigenvalue weighted by Gasteiger charge is 2.27. The van der Waals surface area contributed by atoms with E-state index in [9.17, 15) is 0 Å². The minimum absolute atomic E-state index is 0.542. The fourth-order valence-corrected chi connectivity index (χ4v) is 2.74. The Morgan fingerprint density at radius 2 is 1.86 bits per heavy atom. The lowest BCUT2D eigenvalue weighted by atomic mass is 10.1. The molecule has 2 rings (SSSR count). The summed E-state index contributed by atoms with van der Waals surface area (Å²) in [6, 6.07) is 3.18. The summed E-state index contributed by atoms with van der Waals surface area (Å²) in [6.07, 6.45) is 1.97. The molecule has 1 saturated heterocycles. The van der Waals surface area contributed by atoms with Crippen LogP contribution in [0.1, 0.15) is 39.9 Å². The predicted molar refractivity (Wildman–Crippen MR) is 89.1 cm³/mol.